The third-order valence-corrected chi connectivity index (χ3v) is 0.693. The van der Waals surface area contributed by atoms with Crippen LogP contribution in [0.5, 0.6) is 0 Å². The molecule has 0 aliphatic carbocycles. The molecule has 3 heteroatoms. The third-order valence-electron chi connectivity index (χ3n) is 0.693. The minimum absolute atomic E-state index is 0.170. The number of nitrogens with zero attached hydrogens (tertiary/aromatic N) is 1. The van der Waals surface area contributed by atoms with Crippen molar-refractivity contribution in [2.24, 2.45) is 5.92 Å². The van der Waals surface area contributed by atoms with E-state index in [0.29, 0.717) is 0 Å². The van der Waals surface area contributed by atoms with Gasteiger partial charge < -0.3 is 0 Å². The van der Waals surface area contributed by atoms with Crippen LogP contribution in [0.4, 0.5) is 0 Å². The van der Waals surface area contributed by atoms with Crippen LogP contribution in [0.1, 0.15) is 13.3 Å². The molecule has 0 saturated carbocycles. The third kappa shape index (κ3) is 3.16. The van der Waals surface area contributed by atoms with Crippen molar-refractivity contribution >= 4 is 5.97 Å². The minimum Gasteiger partial charge on any atom is -0.247 e. The average Bonchev–Trinajstić information content (AvgIpc) is 1.65. The zero-order valence-corrected chi connectivity index (χ0v) is 4.55. The van der Waals surface area contributed by atoms with Crippen molar-refractivity contribution in [2.75, 3.05) is 0 Å². The minimum atomic E-state index is -1.17. The van der Waals surface area contributed by atoms with Crippen LogP contribution in [0.3, 0.4) is 0 Å². The van der Waals surface area contributed by atoms with E-state index in [0.717, 1.165) is 0 Å². The number of hydrogen-bond donors (Lipinski definition) is 0. The van der Waals surface area contributed by atoms with Crippen LogP contribution in [0.15, 0.2) is 0 Å². The van der Waals surface area contributed by atoms with Gasteiger partial charge in [-0.05, 0) is 6.92 Å². The van der Waals surface area contributed by atoms with Crippen molar-refractivity contribution in [1.82, 2.24) is 0 Å². The molecule has 0 saturated heterocycles. The molecule has 0 amide bonds. The van der Waals surface area contributed by atoms with Crippen LogP contribution in [-0.4, -0.2) is 5.97 Å². The van der Waals surface area contributed by atoms with Crippen molar-refractivity contribution in [3.05, 3.63) is 0 Å². The number of carbonyl (C=O) groups is 1. The molecule has 0 aliphatic rings. The Labute approximate surface area is 47.5 Å². The molecule has 0 aromatic carbocycles. The fraction of sp³-hybridized carbons (Fsp3) is 0.600. The van der Waals surface area contributed by atoms with Gasteiger partial charge in [-0.25, -0.2) is 9.90 Å². The first-order valence-electron chi connectivity index (χ1n) is 2.26. The molecule has 43 valence electrons. The van der Waals surface area contributed by atoms with Gasteiger partial charge in [-0.3, -0.25) is 0 Å². The molecule has 0 aromatic heterocycles. The fourth-order valence-electron chi connectivity index (χ4n) is 0.296. The molecule has 0 spiro atoms. The zero-order chi connectivity index (χ0) is 6.57. The smallest absolute Gasteiger partial charge is 0.247 e. The normalized spacial score (nSPS) is 12.0. The molecule has 8 heavy (non-hydrogen) atoms. The van der Waals surface area contributed by atoms with Gasteiger partial charge in [-0.15, -0.1) is 0 Å². The Kier molecular flexibility index (Phi) is 2.63. The monoisotopic (exact) mass is 112 g/mol. The van der Waals surface area contributed by atoms with E-state index in [1.807, 2.05) is 0 Å². The van der Waals surface area contributed by atoms with Gasteiger partial charge in [0.2, 0.25) is 0 Å². The molecule has 0 N–H and O–H groups in total. The lowest BCUT2D eigenvalue weighted by molar-refractivity contribution is -0.143. The van der Waals surface area contributed by atoms with Gasteiger partial charge in [0, 0.05) is 0 Å². The maximum Gasteiger partial charge on any atom is 0.356 e. The van der Waals surface area contributed by atoms with Crippen molar-refractivity contribution in [1.29, 1.82) is 5.26 Å². The van der Waals surface area contributed by atoms with Crippen molar-refractivity contribution < 1.29 is 9.90 Å². The highest BCUT2D eigenvalue weighted by Crippen LogP contribution is 1.97. The van der Waals surface area contributed by atoms with E-state index in [4.69, 9.17) is 5.26 Å². The van der Waals surface area contributed by atoms with Gasteiger partial charge in [0.05, 0.1) is 18.4 Å². The molecule has 0 rings (SSSR count). The van der Waals surface area contributed by atoms with E-state index in [2.05, 4.69) is 0 Å². The number of hydrogen-bond acceptors (Lipinski definition) is 2. The van der Waals surface area contributed by atoms with Crippen LogP contribution in [-0.2, 0) is 9.90 Å². The molecule has 3 nitrogen and oxygen atoms in total. The maximum atomic E-state index is 9.71. The summed E-state index contributed by atoms with van der Waals surface area (Å²) in [5, 5.41) is 17.7. The quantitative estimate of drug-likeness (QED) is 0.522. The van der Waals surface area contributed by atoms with E-state index in [1.54, 1.807) is 6.07 Å². The molecule has 0 bridgehead atoms. The molecule has 0 fully saturated rings. The van der Waals surface area contributed by atoms with Crippen LogP contribution >= 0.6 is 0 Å². The highest BCUT2D eigenvalue weighted by Gasteiger charge is 2.05. The van der Waals surface area contributed by atoms with Crippen LogP contribution in [0, 0.1) is 17.2 Å². The Balaban J connectivity index is 3.43. The topological polar surface area (TPSA) is 60.8 Å². The second kappa shape index (κ2) is 3.03. The van der Waals surface area contributed by atoms with Crippen molar-refractivity contribution in [2.45, 2.75) is 13.3 Å². The summed E-state index contributed by atoms with van der Waals surface area (Å²) in [7, 11) is 0. The summed E-state index contributed by atoms with van der Waals surface area (Å²) in [6, 6.07) is 1.78. The van der Waals surface area contributed by atoms with Crippen molar-refractivity contribution in [3.8, 4) is 6.07 Å². The molecule has 1 atom stereocenters. The van der Waals surface area contributed by atoms with Gasteiger partial charge in [-0.1, -0.05) is 0 Å². The van der Waals surface area contributed by atoms with Crippen LogP contribution in [0.2, 0.25) is 0 Å². The SMILES string of the molecule is CC(C#N)CC([O])=O. The summed E-state index contributed by atoms with van der Waals surface area (Å²) >= 11 is 0. The largest absolute Gasteiger partial charge is 0.356 e. The summed E-state index contributed by atoms with van der Waals surface area (Å²) in [5.74, 6) is -1.60. The first-order valence-corrected chi connectivity index (χ1v) is 2.26. The lowest BCUT2D eigenvalue weighted by Crippen LogP contribution is -1.99. The first kappa shape index (κ1) is 6.96. The zero-order valence-electron chi connectivity index (χ0n) is 4.55. The fourth-order valence-corrected chi connectivity index (χ4v) is 0.296. The molecular weight excluding hydrogens is 106 g/mol. The summed E-state index contributed by atoms with van der Waals surface area (Å²) in [4.78, 5) is 9.71. The van der Waals surface area contributed by atoms with Crippen molar-refractivity contribution in [3.63, 3.8) is 0 Å². The highest BCUT2D eigenvalue weighted by atomic mass is 16.4. The van der Waals surface area contributed by atoms with E-state index < -0.39 is 11.9 Å². The lowest BCUT2D eigenvalue weighted by Gasteiger charge is -1.89. The van der Waals surface area contributed by atoms with E-state index >= 15 is 0 Å². The Morgan fingerprint density at radius 1 is 1.88 bits per heavy atom. The molecule has 0 aromatic rings. The predicted octanol–water partition coefficient (Wildman–Crippen LogP) is 0.493. The highest BCUT2D eigenvalue weighted by molar-refractivity contribution is 5.66. The predicted molar refractivity (Wildman–Crippen MR) is 25.1 cm³/mol. The molecule has 0 heterocycles. The Morgan fingerprint density at radius 3 is 2.50 bits per heavy atom. The number of rotatable bonds is 2. The maximum absolute atomic E-state index is 9.71. The number of nitriles is 1. The van der Waals surface area contributed by atoms with E-state index in [-0.39, 0.29) is 6.42 Å². The Bertz CT molecular complexity index is 125. The standard InChI is InChI=1S/C5H6NO2/c1-4(3-6)2-5(7)8/h4H,2H2,1H3. The molecular formula is C5H6NO2. The van der Waals surface area contributed by atoms with Gasteiger partial charge in [0.25, 0.3) is 0 Å². The van der Waals surface area contributed by atoms with E-state index in [9.17, 15) is 9.90 Å². The van der Waals surface area contributed by atoms with Gasteiger partial charge in [0.1, 0.15) is 0 Å². The summed E-state index contributed by atoms with van der Waals surface area (Å²) in [6.45, 7) is 1.54. The Hall–Kier alpha value is -1.04. The van der Waals surface area contributed by atoms with Gasteiger partial charge in [-0.2, -0.15) is 5.26 Å². The summed E-state index contributed by atoms with van der Waals surface area (Å²) in [6.07, 6.45) is -0.170. The first-order chi connectivity index (χ1) is 3.66. The average molecular weight is 112 g/mol. The second-order valence-corrected chi connectivity index (χ2v) is 1.61. The molecule has 1 radical (unpaired) electrons. The Morgan fingerprint density at radius 2 is 2.38 bits per heavy atom. The number of carbonyl (C=O) groups excluding carboxylic acids is 1. The van der Waals surface area contributed by atoms with E-state index in [1.165, 1.54) is 6.92 Å². The molecule has 1 unspecified atom stereocenters. The lowest BCUT2D eigenvalue weighted by atomic mass is 10.1. The second-order valence-electron chi connectivity index (χ2n) is 1.61. The van der Waals surface area contributed by atoms with Gasteiger partial charge >= 0.3 is 5.97 Å². The summed E-state index contributed by atoms with van der Waals surface area (Å²) in [5.41, 5.74) is 0. The molecule has 0 aliphatic heterocycles. The summed E-state index contributed by atoms with van der Waals surface area (Å²) < 4.78 is 0. The van der Waals surface area contributed by atoms with Crippen LogP contribution < -0.4 is 0 Å². The van der Waals surface area contributed by atoms with Crippen LogP contribution in [0.25, 0.3) is 0 Å². The van der Waals surface area contributed by atoms with Gasteiger partial charge in [0.15, 0.2) is 0 Å².